The predicted molar refractivity (Wildman–Crippen MR) is 163 cm³/mol. The van der Waals surface area contributed by atoms with Crippen LogP contribution in [-0.4, -0.2) is 61.6 Å². The summed E-state index contributed by atoms with van der Waals surface area (Å²) in [6, 6.07) is 20.1. The van der Waals surface area contributed by atoms with Gasteiger partial charge in [-0.15, -0.1) is 11.8 Å². The molecule has 0 bridgehead atoms. The molecule has 1 heterocycles. The lowest BCUT2D eigenvalue weighted by atomic mass is 9.96. The number of aryl methyl sites for hydroxylation is 1. The van der Waals surface area contributed by atoms with Gasteiger partial charge in [-0.25, -0.2) is 0 Å². The Labute approximate surface area is 250 Å². The maximum Gasteiger partial charge on any atom is 0.254 e. The first-order valence-corrected chi connectivity index (χ1v) is 15.2. The zero-order valence-corrected chi connectivity index (χ0v) is 24.9. The number of rotatable bonds is 8. The van der Waals surface area contributed by atoms with E-state index in [0.717, 1.165) is 24.0 Å². The van der Waals surface area contributed by atoms with Crippen molar-refractivity contribution in [3.05, 3.63) is 101 Å². The molecule has 0 aromatic heterocycles. The predicted octanol–water partition coefficient (Wildman–Crippen LogP) is 3.89. The molecular weight excluding hydrogens is 550 g/mol. The second kappa shape index (κ2) is 12.2. The molecule has 5 rings (SSSR count). The number of hydrogen-bond acceptors (Lipinski definition) is 6. The monoisotopic (exact) mass is 587 g/mol. The van der Waals surface area contributed by atoms with Crippen molar-refractivity contribution in [2.75, 3.05) is 5.88 Å². The highest BCUT2D eigenvalue weighted by Gasteiger charge is 2.50. The van der Waals surface area contributed by atoms with Crippen LogP contribution in [-0.2, 0) is 22.4 Å². The molecule has 220 valence electrons. The molecule has 0 unspecified atom stereocenters. The maximum atomic E-state index is 13.9. The fourth-order valence-corrected chi connectivity index (χ4v) is 7.08. The van der Waals surface area contributed by atoms with E-state index in [1.54, 1.807) is 19.1 Å². The minimum atomic E-state index is -1.61. The van der Waals surface area contributed by atoms with Gasteiger partial charge < -0.3 is 25.7 Å². The number of hydrogen-bond donors (Lipinski definition) is 4. The lowest BCUT2D eigenvalue weighted by molar-refractivity contribution is -0.147. The van der Waals surface area contributed by atoms with Crippen LogP contribution in [0.5, 0.6) is 5.75 Å². The van der Waals surface area contributed by atoms with E-state index in [2.05, 4.69) is 16.7 Å². The molecule has 8 nitrogen and oxygen atoms in total. The van der Waals surface area contributed by atoms with E-state index in [9.17, 15) is 24.6 Å². The highest BCUT2D eigenvalue weighted by Crippen LogP contribution is 2.41. The molecule has 1 fully saturated rings. The lowest BCUT2D eigenvalue weighted by Crippen LogP contribution is -2.59. The molecule has 3 aromatic carbocycles. The van der Waals surface area contributed by atoms with E-state index in [0.29, 0.717) is 5.56 Å². The molecule has 1 saturated heterocycles. The van der Waals surface area contributed by atoms with Gasteiger partial charge in [-0.05, 0) is 68.9 Å². The molecule has 1 aliphatic heterocycles. The molecular formula is C33H37N3O5S. The highest BCUT2D eigenvalue weighted by atomic mass is 32.2. The van der Waals surface area contributed by atoms with Gasteiger partial charge in [0.15, 0.2) is 6.10 Å². The van der Waals surface area contributed by atoms with Crippen LogP contribution in [0.1, 0.15) is 58.9 Å². The maximum absolute atomic E-state index is 13.9. The van der Waals surface area contributed by atoms with Crippen molar-refractivity contribution in [1.29, 1.82) is 0 Å². The number of nitrogens with zero attached hydrogens (tertiary/aromatic N) is 1. The normalized spacial score (nSPS) is 20.4. The number of aromatic hydroxyl groups is 1. The summed E-state index contributed by atoms with van der Waals surface area (Å²) in [6.45, 7) is 5.49. The highest BCUT2D eigenvalue weighted by molar-refractivity contribution is 8.00. The van der Waals surface area contributed by atoms with Crippen LogP contribution in [0.25, 0.3) is 0 Å². The van der Waals surface area contributed by atoms with Crippen molar-refractivity contribution in [2.24, 2.45) is 0 Å². The Morgan fingerprint density at radius 1 is 1.02 bits per heavy atom. The Kier molecular flexibility index (Phi) is 8.61. The third kappa shape index (κ3) is 6.03. The van der Waals surface area contributed by atoms with E-state index in [-0.39, 0.29) is 35.6 Å². The van der Waals surface area contributed by atoms with Crippen LogP contribution in [0.2, 0.25) is 0 Å². The second-order valence-electron chi connectivity index (χ2n) is 11.6. The topological polar surface area (TPSA) is 119 Å². The van der Waals surface area contributed by atoms with Crippen LogP contribution in [0.4, 0.5) is 0 Å². The molecule has 0 spiro atoms. The smallest absolute Gasteiger partial charge is 0.254 e. The Morgan fingerprint density at radius 3 is 2.50 bits per heavy atom. The van der Waals surface area contributed by atoms with Gasteiger partial charge >= 0.3 is 0 Å². The third-order valence-corrected chi connectivity index (χ3v) is 9.70. The first kappa shape index (κ1) is 29.7. The number of nitrogens with one attached hydrogen (secondary N) is 2. The number of carbonyl (C=O) groups is 3. The average molecular weight is 588 g/mol. The van der Waals surface area contributed by atoms with Gasteiger partial charge in [-0.2, -0.15) is 0 Å². The minimum Gasteiger partial charge on any atom is -0.508 e. The van der Waals surface area contributed by atoms with Crippen molar-refractivity contribution < 1.29 is 24.6 Å². The van der Waals surface area contributed by atoms with Gasteiger partial charge in [0.25, 0.3) is 11.8 Å². The fraction of sp³-hybridized carbons (Fsp3) is 0.364. The van der Waals surface area contributed by atoms with Crippen molar-refractivity contribution in [3.8, 4) is 5.75 Å². The number of carbonyl (C=O) groups excluding carboxylic acids is 3. The fourth-order valence-electron chi connectivity index (χ4n) is 5.94. The summed E-state index contributed by atoms with van der Waals surface area (Å²) >= 11 is 1.48. The standard InChI is InChI=1S/C33H37N3O5S/c1-20-23(14-9-15-27(20)37)30(39)35-26(18-21-10-5-4-6-11-21)28(38)32(41)36-19-42-33(2,3)29(36)31(40)34-25-17-16-22-12-7-8-13-24(22)25/h4-15,25-26,28-29,37-38H,16-19H2,1-3H3,(H,34,40)(H,35,39)/t25-,26-,28-,29+/m0/s1. The summed E-state index contributed by atoms with van der Waals surface area (Å²) in [5.74, 6) is -1.17. The number of aliphatic hydroxyl groups excluding tert-OH is 1. The second-order valence-corrected chi connectivity index (χ2v) is 13.1. The third-order valence-electron chi connectivity index (χ3n) is 8.33. The van der Waals surface area contributed by atoms with Crippen molar-refractivity contribution in [3.63, 3.8) is 0 Å². The summed E-state index contributed by atoms with van der Waals surface area (Å²) in [5.41, 5.74) is 3.79. The largest absolute Gasteiger partial charge is 0.508 e. The van der Waals surface area contributed by atoms with Crippen LogP contribution in [0, 0.1) is 6.92 Å². The Hall–Kier alpha value is -3.82. The average Bonchev–Trinajstić information content (AvgIpc) is 3.53. The number of aliphatic hydroxyl groups is 1. The summed E-state index contributed by atoms with van der Waals surface area (Å²) in [6.07, 6.45) is 0.257. The lowest BCUT2D eigenvalue weighted by Gasteiger charge is -2.34. The summed E-state index contributed by atoms with van der Waals surface area (Å²) in [7, 11) is 0. The Morgan fingerprint density at radius 2 is 1.74 bits per heavy atom. The van der Waals surface area contributed by atoms with Gasteiger partial charge in [0.2, 0.25) is 5.91 Å². The van der Waals surface area contributed by atoms with Crippen molar-refractivity contribution >= 4 is 29.5 Å². The van der Waals surface area contributed by atoms with Crippen LogP contribution < -0.4 is 10.6 Å². The molecule has 0 saturated carbocycles. The van der Waals surface area contributed by atoms with Crippen molar-refractivity contribution in [1.82, 2.24) is 15.5 Å². The summed E-state index contributed by atoms with van der Waals surface area (Å²) in [5, 5.41) is 27.6. The number of amides is 3. The van der Waals surface area contributed by atoms with Crippen LogP contribution in [0.3, 0.4) is 0 Å². The van der Waals surface area contributed by atoms with Gasteiger partial charge in [-0.1, -0.05) is 60.7 Å². The van der Waals surface area contributed by atoms with Crippen LogP contribution >= 0.6 is 11.8 Å². The van der Waals surface area contributed by atoms with Gasteiger partial charge in [0.05, 0.1) is 18.0 Å². The molecule has 3 amide bonds. The first-order chi connectivity index (χ1) is 20.1. The molecule has 3 aromatic rings. The first-order valence-electron chi connectivity index (χ1n) is 14.2. The number of thioether (sulfide) groups is 1. The zero-order valence-electron chi connectivity index (χ0n) is 24.0. The van der Waals surface area contributed by atoms with Gasteiger partial charge in [0, 0.05) is 15.9 Å². The summed E-state index contributed by atoms with van der Waals surface area (Å²) < 4.78 is -0.589. The molecule has 0 radical (unpaired) electrons. The van der Waals surface area contributed by atoms with E-state index < -0.39 is 34.7 Å². The van der Waals surface area contributed by atoms with Gasteiger partial charge in [0.1, 0.15) is 11.8 Å². The number of phenolic OH excluding ortho intramolecular Hbond substituents is 1. The van der Waals surface area contributed by atoms with E-state index in [1.165, 1.54) is 28.3 Å². The van der Waals surface area contributed by atoms with E-state index in [4.69, 9.17) is 0 Å². The SMILES string of the molecule is Cc1c(O)cccc1C(=O)N[C@@H](Cc1ccccc1)[C@H](O)C(=O)N1CSC(C)(C)[C@H]1C(=O)N[C@H]1CCc2ccccc21. The number of phenols is 1. The number of fused-ring (bicyclic) bond motifs is 1. The molecule has 1 aliphatic carbocycles. The number of benzene rings is 3. The minimum absolute atomic E-state index is 0.0195. The van der Waals surface area contributed by atoms with E-state index in [1.807, 2.05) is 62.4 Å². The molecule has 4 atom stereocenters. The molecule has 9 heteroatoms. The molecule has 42 heavy (non-hydrogen) atoms. The Balaban J connectivity index is 1.37. The van der Waals surface area contributed by atoms with E-state index >= 15 is 0 Å². The Bertz CT molecular complexity index is 1480. The molecule has 2 aliphatic rings. The zero-order chi connectivity index (χ0) is 30.0. The summed E-state index contributed by atoms with van der Waals surface area (Å²) in [4.78, 5) is 42.5. The van der Waals surface area contributed by atoms with Gasteiger partial charge in [-0.3, -0.25) is 14.4 Å². The van der Waals surface area contributed by atoms with Crippen LogP contribution in [0.15, 0.2) is 72.8 Å². The van der Waals surface area contributed by atoms with Crippen molar-refractivity contribution in [2.45, 2.75) is 69.0 Å². The molecule has 4 N–H and O–H groups in total. The quantitative estimate of drug-likeness (QED) is 0.318.